The molecule has 2 nitrogen and oxygen atoms in total. The maximum atomic E-state index is 11.9. The Balaban J connectivity index is 1.97. The fourth-order valence-electron chi connectivity index (χ4n) is 4.58. The molecule has 2 fully saturated rings. The fraction of sp³-hybridized carbons (Fsp3) is 0.632. The van der Waals surface area contributed by atoms with Gasteiger partial charge in [0.25, 0.3) is 0 Å². The van der Waals surface area contributed by atoms with Crippen molar-refractivity contribution >= 4 is 5.78 Å². The Morgan fingerprint density at radius 2 is 2.10 bits per heavy atom. The van der Waals surface area contributed by atoms with Gasteiger partial charge in [-0.05, 0) is 37.2 Å². The number of hydrogen-bond donors (Lipinski definition) is 0. The van der Waals surface area contributed by atoms with E-state index in [1.54, 1.807) is 6.08 Å². The number of allylic oxidation sites excluding steroid dienone is 1. The average molecular weight is 286 g/mol. The van der Waals surface area contributed by atoms with Gasteiger partial charge in [0.05, 0.1) is 12.2 Å². The Labute approximate surface area is 127 Å². The lowest BCUT2D eigenvalue weighted by Gasteiger charge is -2.39. The maximum Gasteiger partial charge on any atom is 0.159 e. The number of ether oxygens (including phenoxy) is 1. The van der Waals surface area contributed by atoms with Crippen molar-refractivity contribution in [3.05, 3.63) is 36.5 Å². The zero-order valence-corrected chi connectivity index (χ0v) is 13.2. The first-order valence-electron chi connectivity index (χ1n) is 8.18. The van der Waals surface area contributed by atoms with Crippen molar-refractivity contribution in [2.75, 3.05) is 0 Å². The summed E-state index contributed by atoms with van der Waals surface area (Å²) in [6.45, 7) is 13.0. The zero-order valence-electron chi connectivity index (χ0n) is 13.2. The summed E-state index contributed by atoms with van der Waals surface area (Å²) in [7, 11) is 0. The van der Waals surface area contributed by atoms with E-state index in [0.29, 0.717) is 30.1 Å². The van der Waals surface area contributed by atoms with Crippen LogP contribution in [-0.2, 0) is 9.53 Å². The van der Waals surface area contributed by atoms with E-state index >= 15 is 0 Å². The lowest BCUT2D eigenvalue weighted by atomic mass is 9.63. The minimum absolute atomic E-state index is 0.0688. The van der Waals surface area contributed by atoms with Crippen LogP contribution in [0.4, 0.5) is 0 Å². The molecule has 1 saturated carbocycles. The monoisotopic (exact) mass is 286 g/mol. The number of fused-ring (bicyclic) bond motifs is 5. The van der Waals surface area contributed by atoms with Crippen molar-refractivity contribution in [1.29, 1.82) is 0 Å². The predicted molar refractivity (Wildman–Crippen MR) is 84.9 cm³/mol. The van der Waals surface area contributed by atoms with E-state index in [1.807, 2.05) is 6.08 Å². The molecule has 21 heavy (non-hydrogen) atoms. The van der Waals surface area contributed by atoms with Crippen LogP contribution in [0.3, 0.4) is 0 Å². The van der Waals surface area contributed by atoms with E-state index < -0.39 is 0 Å². The number of carbonyl (C=O) groups excluding carboxylic acids is 1. The molecule has 0 unspecified atom stereocenters. The van der Waals surface area contributed by atoms with E-state index in [1.165, 1.54) is 12.0 Å². The number of rotatable bonds is 1. The van der Waals surface area contributed by atoms with Gasteiger partial charge in [0, 0.05) is 18.3 Å². The lowest BCUT2D eigenvalue weighted by molar-refractivity contribution is -0.114. The van der Waals surface area contributed by atoms with Crippen LogP contribution in [0.5, 0.6) is 0 Å². The molecule has 0 aromatic rings. The third kappa shape index (κ3) is 2.66. The van der Waals surface area contributed by atoms with Gasteiger partial charge >= 0.3 is 0 Å². The molecule has 0 spiro atoms. The van der Waals surface area contributed by atoms with Crippen LogP contribution in [0, 0.1) is 23.7 Å². The molecule has 2 aliphatic heterocycles. The summed E-state index contributed by atoms with van der Waals surface area (Å²) < 4.78 is 6.34. The Morgan fingerprint density at radius 3 is 2.81 bits per heavy atom. The minimum atomic E-state index is 0.0688. The highest BCUT2D eigenvalue weighted by molar-refractivity contribution is 5.91. The second-order valence-electron chi connectivity index (χ2n) is 7.30. The van der Waals surface area contributed by atoms with Crippen molar-refractivity contribution in [3.8, 4) is 0 Å². The van der Waals surface area contributed by atoms with Crippen molar-refractivity contribution in [3.63, 3.8) is 0 Å². The summed E-state index contributed by atoms with van der Waals surface area (Å²) in [4.78, 5) is 11.9. The molecule has 1 saturated heterocycles. The van der Waals surface area contributed by atoms with Crippen LogP contribution in [0.1, 0.15) is 39.5 Å². The van der Waals surface area contributed by atoms with Crippen LogP contribution in [0.15, 0.2) is 36.5 Å². The van der Waals surface area contributed by atoms with Crippen LogP contribution in [-0.4, -0.2) is 18.0 Å². The van der Waals surface area contributed by atoms with Crippen molar-refractivity contribution in [1.82, 2.24) is 0 Å². The molecule has 2 heteroatoms. The summed E-state index contributed by atoms with van der Waals surface area (Å²) in [5.41, 5.74) is 2.34. The summed E-state index contributed by atoms with van der Waals surface area (Å²) in [5, 5.41) is 0. The molecule has 3 aliphatic rings. The Morgan fingerprint density at radius 1 is 1.33 bits per heavy atom. The molecule has 2 bridgehead atoms. The zero-order chi connectivity index (χ0) is 15.1. The first-order chi connectivity index (χ1) is 9.97. The first kappa shape index (κ1) is 14.8. The Hall–Kier alpha value is -1.15. The summed E-state index contributed by atoms with van der Waals surface area (Å²) in [5.74, 6) is 2.37. The minimum Gasteiger partial charge on any atom is -0.370 e. The molecule has 0 aromatic carbocycles. The summed E-state index contributed by atoms with van der Waals surface area (Å²) in [6, 6.07) is 0. The molecular formula is C19H26O2. The van der Waals surface area contributed by atoms with Gasteiger partial charge in [-0.1, -0.05) is 44.2 Å². The van der Waals surface area contributed by atoms with Gasteiger partial charge in [-0.3, -0.25) is 4.79 Å². The molecule has 0 aromatic heterocycles. The van der Waals surface area contributed by atoms with E-state index in [4.69, 9.17) is 4.74 Å². The Bertz CT molecular complexity index is 500. The van der Waals surface area contributed by atoms with E-state index in [0.717, 1.165) is 18.4 Å². The van der Waals surface area contributed by atoms with Gasteiger partial charge in [-0.15, -0.1) is 0 Å². The normalized spacial score (nSPS) is 41.5. The van der Waals surface area contributed by atoms with Crippen molar-refractivity contribution in [2.24, 2.45) is 23.7 Å². The molecule has 0 N–H and O–H groups in total. The van der Waals surface area contributed by atoms with Crippen molar-refractivity contribution in [2.45, 2.75) is 51.7 Å². The van der Waals surface area contributed by atoms with E-state index in [-0.39, 0.29) is 18.0 Å². The van der Waals surface area contributed by atoms with Gasteiger partial charge < -0.3 is 4.74 Å². The average Bonchev–Trinajstić information content (AvgIpc) is 2.77. The van der Waals surface area contributed by atoms with Crippen LogP contribution >= 0.6 is 0 Å². The fourth-order valence-corrected chi connectivity index (χ4v) is 4.58. The molecule has 1 aliphatic carbocycles. The SMILES string of the molecule is C=C1CC(=O)/C=C\[C@H]2O[C@@H](C1)[C@H]1C(=C)CC[C@H](C(C)C)[C@H]12. The molecule has 0 radical (unpaired) electrons. The second-order valence-corrected chi connectivity index (χ2v) is 7.30. The molecule has 5 atom stereocenters. The summed E-state index contributed by atoms with van der Waals surface area (Å²) in [6.07, 6.45) is 7.53. The third-order valence-corrected chi connectivity index (χ3v) is 5.53. The van der Waals surface area contributed by atoms with Crippen LogP contribution < -0.4 is 0 Å². The van der Waals surface area contributed by atoms with E-state index in [9.17, 15) is 4.79 Å². The Kier molecular flexibility index (Phi) is 3.92. The smallest absolute Gasteiger partial charge is 0.159 e. The highest BCUT2D eigenvalue weighted by Gasteiger charge is 2.50. The largest absolute Gasteiger partial charge is 0.370 e. The van der Waals surface area contributed by atoms with Gasteiger partial charge in [0.1, 0.15) is 0 Å². The maximum absolute atomic E-state index is 11.9. The molecule has 0 amide bonds. The molecule has 114 valence electrons. The quantitative estimate of drug-likeness (QED) is 0.679. The number of carbonyl (C=O) groups is 1. The first-order valence-corrected chi connectivity index (χ1v) is 8.18. The molecular weight excluding hydrogens is 260 g/mol. The third-order valence-electron chi connectivity index (χ3n) is 5.53. The standard InChI is InChI=1S/C19H26O2/c1-11(2)15-7-5-13(4)18-17-10-12(3)9-14(20)6-8-16(21-17)19(15)18/h6,8,11,15-19H,3-5,7,9-10H2,1-2H3/b8-6-/t15-,16-,17+,18-,19+/m1/s1. The van der Waals surface area contributed by atoms with Crippen LogP contribution in [0.2, 0.25) is 0 Å². The van der Waals surface area contributed by atoms with Gasteiger partial charge in [-0.2, -0.15) is 0 Å². The van der Waals surface area contributed by atoms with Gasteiger partial charge in [0.15, 0.2) is 5.78 Å². The second kappa shape index (κ2) is 5.57. The van der Waals surface area contributed by atoms with E-state index in [2.05, 4.69) is 27.0 Å². The topological polar surface area (TPSA) is 26.3 Å². The lowest BCUT2D eigenvalue weighted by Crippen LogP contribution is -2.37. The summed E-state index contributed by atoms with van der Waals surface area (Å²) >= 11 is 0. The van der Waals surface area contributed by atoms with Gasteiger partial charge in [-0.25, -0.2) is 0 Å². The highest BCUT2D eigenvalue weighted by atomic mass is 16.5. The van der Waals surface area contributed by atoms with Crippen molar-refractivity contribution < 1.29 is 9.53 Å². The number of hydrogen-bond acceptors (Lipinski definition) is 2. The predicted octanol–water partition coefficient (Wildman–Crippen LogP) is 4.08. The molecule has 3 rings (SSSR count). The number of ketones is 1. The molecule has 2 heterocycles. The van der Waals surface area contributed by atoms with Gasteiger partial charge in [0.2, 0.25) is 0 Å². The van der Waals surface area contributed by atoms with Crippen LogP contribution in [0.25, 0.3) is 0 Å². The highest BCUT2D eigenvalue weighted by Crippen LogP contribution is 2.52.